The van der Waals surface area contributed by atoms with Crippen LogP contribution in [0.1, 0.15) is 19.3 Å². The van der Waals surface area contributed by atoms with Gasteiger partial charge >= 0.3 is 5.97 Å². The lowest BCUT2D eigenvalue weighted by atomic mass is 10.1. The lowest BCUT2D eigenvalue weighted by molar-refractivity contribution is -0.138. The lowest BCUT2D eigenvalue weighted by Gasteiger charge is -2.03. The Morgan fingerprint density at radius 3 is 2.36 bits per heavy atom. The first-order valence-corrected chi connectivity index (χ1v) is 3.37. The molecule has 0 saturated carbocycles. The van der Waals surface area contributed by atoms with Gasteiger partial charge in [-0.2, -0.15) is 0 Å². The molecule has 5 N–H and O–H groups in total. The molecule has 0 aromatic heterocycles. The van der Waals surface area contributed by atoms with E-state index >= 15 is 0 Å². The SMILES string of the molecule is NCCCC[C@H](N)C(=O)O.[Si]. The van der Waals surface area contributed by atoms with E-state index in [1.54, 1.807) is 0 Å². The zero-order chi connectivity index (χ0) is 7.98. The van der Waals surface area contributed by atoms with Crippen molar-refractivity contribution in [3.8, 4) is 0 Å². The second kappa shape index (κ2) is 7.71. The summed E-state index contributed by atoms with van der Waals surface area (Å²) in [7, 11) is 0. The van der Waals surface area contributed by atoms with Crippen LogP contribution >= 0.6 is 0 Å². The number of aliphatic carboxylic acids is 1. The third-order valence-electron chi connectivity index (χ3n) is 1.29. The molecule has 0 saturated heterocycles. The summed E-state index contributed by atoms with van der Waals surface area (Å²) in [5, 5.41) is 8.33. The first-order valence-electron chi connectivity index (χ1n) is 3.37. The third kappa shape index (κ3) is 7.50. The van der Waals surface area contributed by atoms with Crippen molar-refractivity contribution in [2.24, 2.45) is 11.5 Å². The highest BCUT2D eigenvalue weighted by Gasteiger charge is 2.09. The molecule has 11 heavy (non-hydrogen) atoms. The van der Waals surface area contributed by atoms with E-state index in [1.807, 2.05) is 0 Å². The largest absolute Gasteiger partial charge is 0.480 e. The molecule has 0 unspecified atom stereocenters. The minimum Gasteiger partial charge on any atom is -0.480 e. The fourth-order valence-electron chi connectivity index (χ4n) is 0.632. The van der Waals surface area contributed by atoms with Crippen LogP contribution in [0, 0.1) is 0 Å². The molecule has 0 aliphatic heterocycles. The van der Waals surface area contributed by atoms with Crippen LogP contribution in [0.5, 0.6) is 0 Å². The molecular formula is C6H14N2O2Si. The quantitative estimate of drug-likeness (QED) is 0.374. The van der Waals surface area contributed by atoms with Crippen molar-refractivity contribution in [3.63, 3.8) is 0 Å². The van der Waals surface area contributed by atoms with Gasteiger partial charge in [0.2, 0.25) is 0 Å². The normalized spacial score (nSPS) is 11.8. The van der Waals surface area contributed by atoms with E-state index in [1.165, 1.54) is 0 Å². The molecule has 0 fully saturated rings. The Kier molecular flexibility index (Phi) is 9.26. The molecule has 0 heterocycles. The Balaban J connectivity index is 0. The number of nitrogens with two attached hydrogens (primary N) is 2. The topological polar surface area (TPSA) is 89.3 Å². The van der Waals surface area contributed by atoms with Crippen molar-refractivity contribution in [3.05, 3.63) is 0 Å². The number of unbranched alkanes of at least 4 members (excludes halogenated alkanes) is 1. The van der Waals surface area contributed by atoms with Gasteiger partial charge in [-0.1, -0.05) is 6.42 Å². The summed E-state index contributed by atoms with van der Waals surface area (Å²) in [6.07, 6.45) is 2.16. The van der Waals surface area contributed by atoms with E-state index in [2.05, 4.69) is 0 Å². The maximum Gasteiger partial charge on any atom is 0.320 e. The smallest absolute Gasteiger partial charge is 0.320 e. The van der Waals surface area contributed by atoms with Gasteiger partial charge in [-0.05, 0) is 19.4 Å². The predicted molar refractivity (Wildman–Crippen MR) is 44.3 cm³/mol. The van der Waals surface area contributed by atoms with Crippen LogP contribution in [-0.2, 0) is 4.79 Å². The van der Waals surface area contributed by atoms with Gasteiger partial charge in [-0.25, -0.2) is 0 Å². The van der Waals surface area contributed by atoms with Gasteiger partial charge in [0.05, 0.1) is 0 Å². The summed E-state index contributed by atoms with van der Waals surface area (Å²) in [5.74, 6) is -0.933. The standard InChI is InChI=1S/C6H14N2O2.Si/c7-4-2-1-3-5(8)6(9)10;/h5H,1-4,7-8H2,(H,9,10);/t5-;/m0./s1. The Morgan fingerprint density at radius 1 is 1.45 bits per heavy atom. The van der Waals surface area contributed by atoms with Gasteiger partial charge in [0.1, 0.15) is 6.04 Å². The maximum atomic E-state index is 10.1. The average Bonchev–Trinajstić information content (AvgIpc) is 1.88. The number of carboxylic acid groups (broad SMARTS) is 1. The van der Waals surface area contributed by atoms with Gasteiger partial charge in [0.15, 0.2) is 0 Å². The van der Waals surface area contributed by atoms with Gasteiger partial charge in [-0.15, -0.1) is 0 Å². The summed E-state index contributed by atoms with van der Waals surface area (Å²) >= 11 is 0. The summed E-state index contributed by atoms with van der Waals surface area (Å²) in [5.41, 5.74) is 10.4. The number of carboxylic acids is 1. The van der Waals surface area contributed by atoms with Crippen LogP contribution in [-0.4, -0.2) is 34.6 Å². The molecule has 4 nitrogen and oxygen atoms in total. The third-order valence-corrected chi connectivity index (χ3v) is 1.29. The number of carbonyl (C=O) groups is 1. The van der Waals surface area contributed by atoms with Crippen LogP contribution in [0.4, 0.5) is 0 Å². The predicted octanol–water partition coefficient (Wildman–Crippen LogP) is -0.853. The fourth-order valence-corrected chi connectivity index (χ4v) is 0.632. The minimum atomic E-state index is -0.933. The summed E-state index contributed by atoms with van der Waals surface area (Å²) in [6.45, 7) is 0.604. The average molecular weight is 174 g/mol. The van der Waals surface area contributed by atoms with Gasteiger partial charge in [0, 0.05) is 11.0 Å². The Labute approximate surface area is 71.0 Å². The Bertz CT molecular complexity index is 111. The minimum absolute atomic E-state index is 0. The molecule has 0 aromatic carbocycles. The maximum absolute atomic E-state index is 10.1. The summed E-state index contributed by atoms with van der Waals surface area (Å²) < 4.78 is 0. The van der Waals surface area contributed by atoms with E-state index in [-0.39, 0.29) is 11.0 Å². The van der Waals surface area contributed by atoms with E-state index in [9.17, 15) is 4.79 Å². The summed E-state index contributed by atoms with van der Waals surface area (Å²) in [6, 6.07) is -0.716. The van der Waals surface area contributed by atoms with Crippen molar-refractivity contribution in [1.82, 2.24) is 0 Å². The lowest BCUT2D eigenvalue weighted by Crippen LogP contribution is -2.29. The van der Waals surface area contributed by atoms with Crippen LogP contribution < -0.4 is 11.5 Å². The molecule has 0 aromatic rings. The van der Waals surface area contributed by atoms with Crippen molar-refractivity contribution >= 4 is 16.9 Å². The van der Waals surface area contributed by atoms with E-state index in [0.717, 1.165) is 12.8 Å². The zero-order valence-electron chi connectivity index (χ0n) is 6.42. The van der Waals surface area contributed by atoms with E-state index < -0.39 is 12.0 Å². The molecule has 0 aliphatic rings. The fraction of sp³-hybridized carbons (Fsp3) is 0.833. The molecular weight excluding hydrogens is 160 g/mol. The molecule has 0 rings (SSSR count). The van der Waals surface area contributed by atoms with Crippen molar-refractivity contribution in [1.29, 1.82) is 0 Å². The first-order chi connectivity index (χ1) is 4.68. The molecule has 5 heteroatoms. The molecule has 64 valence electrons. The first kappa shape index (κ1) is 13.2. The van der Waals surface area contributed by atoms with Crippen molar-refractivity contribution in [2.45, 2.75) is 25.3 Å². The van der Waals surface area contributed by atoms with Gasteiger partial charge in [-0.3, -0.25) is 4.79 Å². The number of hydrogen-bond donors (Lipinski definition) is 3. The molecule has 0 amide bonds. The monoisotopic (exact) mass is 174 g/mol. The molecule has 1 atom stereocenters. The van der Waals surface area contributed by atoms with Gasteiger partial charge < -0.3 is 16.6 Å². The van der Waals surface area contributed by atoms with Crippen LogP contribution in [0.3, 0.4) is 0 Å². The van der Waals surface area contributed by atoms with E-state index in [0.29, 0.717) is 13.0 Å². The number of rotatable bonds is 5. The Hall–Kier alpha value is -0.393. The highest BCUT2D eigenvalue weighted by molar-refractivity contribution is 5.75. The van der Waals surface area contributed by atoms with Crippen molar-refractivity contribution in [2.75, 3.05) is 6.54 Å². The van der Waals surface area contributed by atoms with E-state index in [4.69, 9.17) is 16.6 Å². The molecule has 0 aliphatic carbocycles. The molecule has 0 spiro atoms. The Morgan fingerprint density at radius 2 is 2.00 bits per heavy atom. The van der Waals surface area contributed by atoms with Crippen LogP contribution in [0.15, 0.2) is 0 Å². The molecule has 0 bridgehead atoms. The van der Waals surface area contributed by atoms with Crippen LogP contribution in [0.2, 0.25) is 0 Å². The number of hydrogen-bond acceptors (Lipinski definition) is 3. The summed E-state index contributed by atoms with van der Waals surface area (Å²) in [4.78, 5) is 10.1. The highest BCUT2D eigenvalue weighted by Crippen LogP contribution is 1.96. The second-order valence-electron chi connectivity index (χ2n) is 2.23. The van der Waals surface area contributed by atoms with Crippen molar-refractivity contribution < 1.29 is 9.90 Å². The highest BCUT2D eigenvalue weighted by atomic mass is 28.1. The molecule has 4 radical (unpaired) electrons. The zero-order valence-corrected chi connectivity index (χ0v) is 7.42. The van der Waals surface area contributed by atoms with Gasteiger partial charge in [0.25, 0.3) is 0 Å². The van der Waals surface area contributed by atoms with Crippen LogP contribution in [0.25, 0.3) is 0 Å². The second-order valence-corrected chi connectivity index (χ2v) is 2.23.